The summed E-state index contributed by atoms with van der Waals surface area (Å²) >= 11 is 0. The van der Waals surface area contributed by atoms with Crippen molar-refractivity contribution in [1.82, 2.24) is 4.90 Å². The predicted molar refractivity (Wildman–Crippen MR) is 275 cm³/mol. The predicted octanol–water partition coefficient (Wildman–Crippen LogP) is 16.2. The van der Waals surface area contributed by atoms with Crippen LogP contribution in [-0.2, 0) is 19.0 Å². The van der Waals surface area contributed by atoms with Gasteiger partial charge in [-0.1, -0.05) is 156 Å². The Morgan fingerprint density at radius 1 is 0.677 bits per heavy atom. The fraction of sp³-hybridized carbons (Fsp3) is 0.949. The van der Waals surface area contributed by atoms with Gasteiger partial charge in [0.2, 0.25) is 0 Å². The van der Waals surface area contributed by atoms with Crippen LogP contribution in [0.25, 0.3) is 0 Å². The fourth-order valence-electron chi connectivity index (χ4n) is 13.8. The number of fused-ring (bicyclic) bond motifs is 5. The molecule has 380 valence electrons. The Labute approximate surface area is 403 Å². The Bertz CT molecular complexity index is 1250. The van der Waals surface area contributed by atoms with Gasteiger partial charge in [-0.2, -0.15) is 0 Å². The summed E-state index contributed by atoms with van der Waals surface area (Å²) in [5.41, 5.74) is 2.44. The molecule has 6 nitrogen and oxygen atoms in total. The van der Waals surface area contributed by atoms with Crippen LogP contribution < -0.4 is 0 Å². The normalized spacial score (nSPS) is 26.9. The van der Waals surface area contributed by atoms with Gasteiger partial charge in [-0.3, -0.25) is 4.79 Å². The zero-order valence-electron chi connectivity index (χ0n) is 44.3. The number of aliphatic hydroxyl groups excluding tert-OH is 1. The van der Waals surface area contributed by atoms with Crippen molar-refractivity contribution in [2.45, 2.75) is 273 Å². The first-order valence-corrected chi connectivity index (χ1v) is 29.0. The molecular formula is C59H109NO5. The van der Waals surface area contributed by atoms with E-state index in [0.717, 1.165) is 139 Å². The third-order valence-electron chi connectivity index (χ3n) is 17.8. The summed E-state index contributed by atoms with van der Waals surface area (Å²) in [5.74, 6) is 5.15. The molecule has 4 rings (SSSR count). The average Bonchev–Trinajstić information content (AvgIpc) is 3.65. The van der Waals surface area contributed by atoms with Gasteiger partial charge in [-0.25, -0.2) is 0 Å². The summed E-state index contributed by atoms with van der Waals surface area (Å²) in [5, 5.41) is 9.46. The van der Waals surface area contributed by atoms with Crippen LogP contribution in [0, 0.1) is 46.3 Å². The van der Waals surface area contributed by atoms with Crippen molar-refractivity contribution < 1.29 is 24.1 Å². The molecule has 8 unspecified atom stereocenters. The first-order chi connectivity index (χ1) is 31.5. The number of hydrogen-bond donors (Lipinski definition) is 1. The molecule has 4 aliphatic rings. The van der Waals surface area contributed by atoms with Crippen LogP contribution in [-0.4, -0.2) is 67.8 Å². The van der Waals surface area contributed by atoms with Crippen molar-refractivity contribution in [3.63, 3.8) is 0 Å². The Morgan fingerprint density at radius 2 is 1.29 bits per heavy atom. The second-order valence-electron chi connectivity index (χ2n) is 23.3. The molecule has 0 radical (unpaired) electrons. The molecule has 0 amide bonds. The largest absolute Gasteiger partial charge is 0.462 e. The first-order valence-electron chi connectivity index (χ1n) is 29.0. The van der Waals surface area contributed by atoms with E-state index in [1.54, 1.807) is 5.57 Å². The lowest BCUT2D eigenvalue weighted by Gasteiger charge is -2.58. The molecule has 3 fully saturated rings. The average molecular weight is 913 g/mol. The van der Waals surface area contributed by atoms with E-state index in [9.17, 15) is 9.90 Å². The van der Waals surface area contributed by atoms with E-state index in [4.69, 9.17) is 14.2 Å². The maximum atomic E-state index is 13.2. The minimum atomic E-state index is -0.0594. The molecule has 0 spiro atoms. The number of nitrogens with zero attached hydrogens (tertiary/aromatic N) is 1. The van der Waals surface area contributed by atoms with Crippen LogP contribution in [0.1, 0.15) is 260 Å². The molecule has 6 heteroatoms. The summed E-state index contributed by atoms with van der Waals surface area (Å²) in [6.07, 6.45) is 42.5. The van der Waals surface area contributed by atoms with Crippen molar-refractivity contribution in [2.24, 2.45) is 46.3 Å². The van der Waals surface area contributed by atoms with Gasteiger partial charge >= 0.3 is 5.97 Å². The Morgan fingerprint density at radius 3 is 1.94 bits per heavy atom. The van der Waals surface area contributed by atoms with Gasteiger partial charge in [-0.15, -0.1) is 0 Å². The van der Waals surface area contributed by atoms with Gasteiger partial charge in [0.25, 0.3) is 0 Å². The number of ether oxygens (including phenoxy) is 3. The molecule has 0 heterocycles. The molecule has 1 N–H and O–H groups in total. The highest BCUT2D eigenvalue weighted by molar-refractivity contribution is 5.69. The quantitative estimate of drug-likeness (QED) is 0.0288. The molecule has 0 aromatic heterocycles. The van der Waals surface area contributed by atoms with Crippen LogP contribution in [0.15, 0.2) is 11.6 Å². The second-order valence-corrected chi connectivity index (χ2v) is 23.3. The smallest absolute Gasteiger partial charge is 0.306 e. The van der Waals surface area contributed by atoms with Gasteiger partial charge in [-0.05, 0) is 169 Å². The van der Waals surface area contributed by atoms with E-state index in [1.165, 1.54) is 135 Å². The molecule has 0 aromatic rings. The van der Waals surface area contributed by atoms with Gasteiger partial charge in [0, 0.05) is 32.7 Å². The lowest BCUT2D eigenvalue weighted by Crippen LogP contribution is -2.51. The van der Waals surface area contributed by atoms with Gasteiger partial charge < -0.3 is 24.2 Å². The van der Waals surface area contributed by atoms with Crippen molar-refractivity contribution in [3.05, 3.63) is 11.6 Å². The minimum absolute atomic E-state index is 0.0193. The Hall–Kier alpha value is -0.950. The van der Waals surface area contributed by atoms with Crippen molar-refractivity contribution in [3.8, 4) is 0 Å². The van der Waals surface area contributed by atoms with E-state index < -0.39 is 0 Å². The monoisotopic (exact) mass is 912 g/mol. The summed E-state index contributed by atoms with van der Waals surface area (Å²) in [6, 6.07) is 0. The van der Waals surface area contributed by atoms with Crippen LogP contribution in [0.3, 0.4) is 0 Å². The maximum Gasteiger partial charge on any atom is 0.306 e. The topological polar surface area (TPSA) is 68.2 Å². The standard InChI is InChI=1S/C59H109NO5/c1-8-10-12-14-16-26-45-63-57(64-46-27-17-15-13-11-9-2)32-21-19-23-42-60(43-24-25-44-61)41-22-18-20-31-56(62)65-51-37-39-58(6)50(47-51)33-34-52-54-36-35-53(49(5)30-28-29-48(3)4)59(54,7)40-38-55(52)58/h33,48-49,51-55,57,61H,8-32,34-47H2,1-7H3. The minimum Gasteiger partial charge on any atom is -0.462 e. The SMILES string of the molecule is CCCCCCCCOC(CCCCCN(CCCCO)CCCCCC(=O)OC1CCC2(C)C(=CCC3C2CCC2(C)C(C(C)CCCC(C)C)CCC32)C1)OCCCCCCCC. The summed E-state index contributed by atoms with van der Waals surface area (Å²) in [4.78, 5) is 15.8. The number of carbonyl (C=O) groups excluding carboxylic acids is 1. The first kappa shape index (κ1) is 56.6. The van der Waals surface area contributed by atoms with Crippen LogP contribution in [0.4, 0.5) is 0 Å². The maximum absolute atomic E-state index is 13.2. The Kier molecular flexibility index (Phi) is 27.9. The highest BCUT2D eigenvalue weighted by atomic mass is 16.7. The summed E-state index contributed by atoms with van der Waals surface area (Å²) in [7, 11) is 0. The molecule has 65 heavy (non-hydrogen) atoms. The van der Waals surface area contributed by atoms with Crippen molar-refractivity contribution in [2.75, 3.05) is 39.5 Å². The molecule has 0 bridgehead atoms. The molecular weight excluding hydrogens is 803 g/mol. The van der Waals surface area contributed by atoms with E-state index in [1.807, 2.05) is 0 Å². The summed E-state index contributed by atoms with van der Waals surface area (Å²) < 4.78 is 18.9. The van der Waals surface area contributed by atoms with E-state index in [2.05, 4.69) is 59.4 Å². The Balaban J connectivity index is 1.12. The van der Waals surface area contributed by atoms with Gasteiger partial charge in [0.05, 0.1) is 0 Å². The number of carbonyl (C=O) groups is 1. The molecule has 4 aliphatic carbocycles. The molecule has 3 saturated carbocycles. The third kappa shape index (κ3) is 19.4. The third-order valence-corrected chi connectivity index (χ3v) is 17.8. The number of hydrogen-bond acceptors (Lipinski definition) is 6. The number of unbranched alkanes of at least 4 members (excludes halogenated alkanes) is 15. The zero-order chi connectivity index (χ0) is 46.8. The molecule has 0 saturated heterocycles. The highest BCUT2D eigenvalue weighted by Crippen LogP contribution is 2.67. The van der Waals surface area contributed by atoms with Crippen molar-refractivity contribution >= 4 is 5.97 Å². The van der Waals surface area contributed by atoms with Crippen molar-refractivity contribution in [1.29, 1.82) is 0 Å². The zero-order valence-corrected chi connectivity index (χ0v) is 44.3. The lowest BCUT2D eigenvalue weighted by molar-refractivity contribution is -0.151. The summed E-state index contributed by atoms with van der Waals surface area (Å²) in [6.45, 7) is 22.3. The molecule has 0 aromatic carbocycles. The van der Waals surface area contributed by atoms with Crippen LogP contribution in [0.2, 0.25) is 0 Å². The lowest BCUT2D eigenvalue weighted by atomic mass is 9.47. The number of rotatable bonds is 38. The van der Waals surface area contributed by atoms with E-state index in [-0.39, 0.29) is 25.0 Å². The molecule has 0 aliphatic heterocycles. The van der Waals surface area contributed by atoms with Crippen LogP contribution >= 0.6 is 0 Å². The highest BCUT2D eigenvalue weighted by Gasteiger charge is 2.59. The number of allylic oxidation sites excluding steroid dienone is 1. The fourth-order valence-corrected chi connectivity index (χ4v) is 13.8. The number of aliphatic hydroxyl groups is 1. The van der Waals surface area contributed by atoms with E-state index >= 15 is 0 Å². The molecule has 8 atom stereocenters. The second kappa shape index (κ2) is 32.0. The van der Waals surface area contributed by atoms with Crippen LogP contribution in [0.5, 0.6) is 0 Å². The van der Waals surface area contributed by atoms with Gasteiger partial charge in [0.1, 0.15) is 6.10 Å². The van der Waals surface area contributed by atoms with Gasteiger partial charge in [0.15, 0.2) is 6.29 Å². The van der Waals surface area contributed by atoms with E-state index in [0.29, 0.717) is 17.3 Å². The number of esters is 1.